The Labute approximate surface area is 248 Å². The molecule has 0 aromatic rings. The number of ether oxygens (including phenoxy) is 1. The molecule has 39 heavy (non-hydrogen) atoms. The van der Waals surface area contributed by atoms with Gasteiger partial charge in [-0.05, 0) is 96.6 Å². The summed E-state index contributed by atoms with van der Waals surface area (Å²) in [7, 11) is -3.95. The first-order valence-electron chi connectivity index (χ1n) is 17.4. The number of rotatable bonds is 10. The van der Waals surface area contributed by atoms with Crippen LogP contribution in [-0.4, -0.2) is 36.1 Å². The van der Waals surface area contributed by atoms with Gasteiger partial charge in [0.1, 0.15) is 0 Å². The standard InChI is InChI=1S/C35H68OSi3/c1-13-14-15-20-39(12,34-26(4)24(2)21-30(34)28-16-17-29(23-28)37(6,7)8)35-27(5)25(3)22-31(35)32-18-19-33(36-32)38(9,10)11/h13,24-35H,1,14-23H2,2-12H3. The monoisotopic (exact) mass is 588 g/mol. The molecule has 226 valence electrons. The summed E-state index contributed by atoms with van der Waals surface area (Å²) in [5.41, 5.74) is 3.60. The van der Waals surface area contributed by atoms with E-state index < -0.39 is 24.2 Å². The van der Waals surface area contributed by atoms with Crippen molar-refractivity contribution < 1.29 is 4.74 Å². The highest BCUT2D eigenvalue weighted by molar-refractivity contribution is 6.82. The maximum absolute atomic E-state index is 7.12. The van der Waals surface area contributed by atoms with E-state index in [4.69, 9.17) is 4.74 Å². The van der Waals surface area contributed by atoms with Crippen molar-refractivity contribution in [3.05, 3.63) is 12.7 Å². The molecule has 0 aromatic carbocycles. The van der Waals surface area contributed by atoms with Crippen LogP contribution in [-0.2, 0) is 4.74 Å². The molecule has 4 rings (SSSR count). The van der Waals surface area contributed by atoms with E-state index in [1.807, 2.05) is 0 Å². The molecule has 4 aliphatic rings. The zero-order valence-corrected chi connectivity index (χ0v) is 31.2. The first-order chi connectivity index (χ1) is 18.1. The summed E-state index contributed by atoms with van der Waals surface area (Å²) in [6, 6.07) is 1.53. The quantitative estimate of drug-likeness (QED) is 0.140. The zero-order valence-electron chi connectivity index (χ0n) is 28.2. The Bertz CT molecular complexity index is 769. The minimum absolute atomic E-state index is 0.542. The molecule has 0 radical (unpaired) electrons. The van der Waals surface area contributed by atoms with Gasteiger partial charge in [0.15, 0.2) is 0 Å². The largest absolute Gasteiger partial charge is 0.378 e. The first-order valence-corrected chi connectivity index (χ1v) is 27.4. The molecule has 0 aromatic heterocycles. The van der Waals surface area contributed by atoms with E-state index >= 15 is 0 Å². The van der Waals surface area contributed by atoms with E-state index in [2.05, 4.69) is 86.2 Å². The Morgan fingerprint density at radius 2 is 1.31 bits per heavy atom. The van der Waals surface area contributed by atoms with Crippen molar-refractivity contribution in [2.75, 3.05) is 0 Å². The van der Waals surface area contributed by atoms with Crippen LogP contribution in [0, 0.1) is 41.4 Å². The Balaban J connectivity index is 1.69. The van der Waals surface area contributed by atoms with Crippen LogP contribution in [0.25, 0.3) is 0 Å². The minimum atomic E-state index is -1.63. The lowest BCUT2D eigenvalue weighted by Crippen LogP contribution is -2.50. The first kappa shape index (κ1) is 32.3. The van der Waals surface area contributed by atoms with Crippen LogP contribution in [0.1, 0.15) is 85.5 Å². The summed E-state index contributed by atoms with van der Waals surface area (Å²) in [5.74, 6) is 6.37. The summed E-state index contributed by atoms with van der Waals surface area (Å²) >= 11 is 0. The van der Waals surface area contributed by atoms with Crippen LogP contribution in [0.5, 0.6) is 0 Å². The molecule has 4 fully saturated rings. The fraction of sp³-hybridized carbons (Fsp3) is 0.943. The molecule has 0 N–H and O–H groups in total. The molecule has 13 atom stereocenters. The number of unbranched alkanes of at least 4 members (excludes halogenated alkanes) is 1. The SMILES string of the molecule is C=CCCC[Si](C)(C1C(C)C(C)CC1C1CCC([Si](C)(C)C)C1)C1C(C)C(C)CC1C1CCC([Si](C)(C)C)O1. The Morgan fingerprint density at radius 1 is 0.718 bits per heavy atom. The number of allylic oxidation sites excluding steroid dienone is 1. The summed E-state index contributed by atoms with van der Waals surface area (Å²) in [6.45, 7) is 33.3. The molecule has 1 nitrogen and oxygen atoms in total. The maximum atomic E-state index is 7.12. The molecular formula is C35H68OSi3. The van der Waals surface area contributed by atoms with Crippen molar-refractivity contribution in [1.82, 2.24) is 0 Å². The zero-order chi connectivity index (χ0) is 28.9. The summed E-state index contributed by atoms with van der Waals surface area (Å²) in [6.07, 6.45) is 15.6. The lowest BCUT2D eigenvalue weighted by molar-refractivity contribution is 0.0397. The van der Waals surface area contributed by atoms with Crippen molar-refractivity contribution in [2.45, 2.75) is 166 Å². The van der Waals surface area contributed by atoms with Crippen LogP contribution >= 0.6 is 0 Å². The third-order valence-corrected chi connectivity index (χ3v) is 25.3. The molecule has 13 unspecified atom stereocenters. The predicted molar refractivity (Wildman–Crippen MR) is 182 cm³/mol. The molecule has 0 spiro atoms. The molecule has 4 heteroatoms. The molecular weight excluding hydrogens is 521 g/mol. The van der Waals surface area contributed by atoms with Gasteiger partial charge >= 0.3 is 0 Å². The maximum Gasteiger partial charge on any atom is 0.0785 e. The average molecular weight is 589 g/mol. The third kappa shape index (κ3) is 6.49. The van der Waals surface area contributed by atoms with Gasteiger partial charge in [-0.3, -0.25) is 0 Å². The van der Waals surface area contributed by atoms with Crippen molar-refractivity contribution >= 4 is 24.2 Å². The summed E-state index contributed by atoms with van der Waals surface area (Å²) < 4.78 is 7.12. The van der Waals surface area contributed by atoms with Gasteiger partial charge in [0, 0.05) is 13.8 Å². The summed E-state index contributed by atoms with van der Waals surface area (Å²) in [4.78, 5) is 0. The lowest BCUT2D eigenvalue weighted by Gasteiger charge is -2.50. The number of hydrogen-bond acceptors (Lipinski definition) is 1. The highest BCUT2D eigenvalue weighted by Gasteiger charge is 2.61. The molecule has 3 aliphatic carbocycles. The van der Waals surface area contributed by atoms with E-state index in [0.29, 0.717) is 11.8 Å². The second-order valence-electron chi connectivity index (χ2n) is 18.0. The number of hydrogen-bond donors (Lipinski definition) is 0. The predicted octanol–water partition coefficient (Wildman–Crippen LogP) is 11.3. The van der Waals surface area contributed by atoms with Crippen LogP contribution in [0.4, 0.5) is 0 Å². The van der Waals surface area contributed by atoms with Gasteiger partial charge in [-0.2, -0.15) is 0 Å². The van der Waals surface area contributed by atoms with Crippen LogP contribution in [0.15, 0.2) is 12.7 Å². The van der Waals surface area contributed by atoms with Gasteiger partial charge < -0.3 is 4.74 Å². The van der Waals surface area contributed by atoms with Crippen LogP contribution in [0.2, 0.25) is 68.5 Å². The molecule has 0 amide bonds. The van der Waals surface area contributed by atoms with Crippen LogP contribution < -0.4 is 0 Å². The van der Waals surface area contributed by atoms with E-state index in [9.17, 15) is 0 Å². The van der Waals surface area contributed by atoms with Gasteiger partial charge in [0.05, 0.1) is 22.3 Å². The second-order valence-corrected chi connectivity index (χ2v) is 33.7. The van der Waals surface area contributed by atoms with Crippen molar-refractivity contribution in [1.29, 1.82) is 0 Å². The molecule has 1 aliphatic heterocycles. The lowest BCUT2D eigenvalue weighted by atomic mass is 9.88. The average Bonchev–Trinajstić information content (AvgIpc) is 3.61. The summed E-state index contributed by atoms with van der Waals surface area (Å²) in [5, 5.41) is 0. The van der Waals surface area contributed by atoms with E-state index in [-0.39, 0.29) is 0 Å². The van der Waals surface area contributed by atoms with Crippen molar-refractivity contribution in [3.8, 4) is 0 Å². The Morgan fingerprint density at radius 3 is 1.82 bits per heavy atom. The molecule has 1 heterocycles. The van der Waals surface area contributed by atoms with Crippen LogP contribution in [0.3, 0.4) is 0 Å². The van der Waals surface area contributed by atoms with Gasteiger partial charge in [-0.25, -0.2) is 0 Å². The van der Waals surface area contributed by atoms with E-state index in [1.54, 1.807) is 6.42 Å². The minimum Gasteiger partial charge on any atom is -0.378 e. The molecule has 3 saturated carbocycles. The topological polar surface area (TPSA) is 9.23 Å². The fourth-order valence-corrected chi connectivity index (χ4v) is 22.6. The van der Waals surface area contributed by atoms with Gasteiger partial charge in [0.25, 0.3) is 0 Å². The van der Waals surface area contributed by atoms with Crippen molar-refractivity contribution in [2.24, 2.45) is 41.4 Å². The molecule has 1 saturated heterocycles. The highest BCUT2D eigenvalue weighted by Crippen LogP contribution is 2.66. The third-order valence-electron chi connectivity index (χ3n) is 13.6. The normalized spacial score (nSPS) is 45.1. The smallest absolute Gasteiger partial charge is 0.0785 e. The van der Waals surface area contributed by atoms with E-state index in [1.165, 1.54) is 57.4 Å². The Kier molecular flexibility index (Phi) is 10.1. The van der Waals surface area contributed by atoms with Gasteiger partial charge in [-0.1, -0.05) is 105 Å². The second kappa shape index (κ2) is 12.2. The fourth-order valence-electron chi connectivity index (χ4n) is 11.1. The van der Waals surface area contributed by atoms with E-state index in [0.717, 1.165) is 58.0 Å². The van der Waals surface area contributed by atoms with Crippen molar-refractivity contribution in [3.63, 3.8) is 0 Å². The van der Waals surface area contributed by atoms with Gasteiger partial charge in [-0.15, -0.1) is 6.58 Å². The van der Waals surface area contributed by atoms with Gasteiger partial charge in [0.2, 0.25) is 0 Å². The molecule has 0 bridgehead atoms. The highest BCUT2D eigenvalue weighted by atomic mass is 28.3. The Hall–Kier alpha value is 0.351.